The minimum Gasteiger partial charge on any atom is -0.496 e. The number of rotatable bonds is 9. The molecule has 9 heteroatoms. The third kappa shape index (κ3) is 6.28. The van der Waals surface area contributed by atoms with Crippen LogP contribution in [0.4, 0.5) is 4.39 Å². The molecule has 200 valence electrons. The molecule has 3 rings (SSSR count). The first kappa shape index (κ1) is 27.7. The molecule has 0 heterocycles. The zero-order valence-electron chi connectivity index (χ0n) is 21.9. The van der Waals surface area contributed by atoms with Crippen LogP contribution >= 0.6 is 0 Å². The molecule has 3 N–H and O–H groups in total. The van der Waals surface area contributed by atoms with Gasteiger partial charge in [0.15, 0.2) is 11.6 Å². The summed E-state index contributed by atoms with van der Waals surface area (Å²) in [5.41, 5.74) is -0.679. The molecular weight excluding hydrogens is 467 g/mol. The summed E-state index contributed by atoms with van der Waals surface area (Å²) in [5.74, 6) is -2.05. The van der Waals surface area contributed by atoms with Crippen LogP contribution in [-0.4, -0.2) is 48.2 Å². The van der Waals surface area contributed by atoms with Gasteiger partial charge in [0.1, 0.15) is 5.75 Å². The minimum atomic E-state index is -0.840. The smallest absolute Gasteiger partial charge is 0.309 e. The molecule has 8 nitrogen and oxygen atoms in total. The average molecular weight is 507 g/mol. The first-order valence-electron chi connectivity index (χ1n) is 12.8. The lowest BCUT2D eigenvalue weighted by molar-refractivity contribution is -0.150. The Kier molecular flexibility index (Phi) is 8.84. The van der Waals surface area contributed by atoms with Crippen molar-refractivity contribution in [2.75, 3.05) is 7.11 Å². The topological polar surface area (TPSA) is 114 Å². The molecule has 2 saturated carbocycles. The summed E-state index contributed by atoms with van der Waals surface area (Å²) in [4.78, 5) is 37.5. The fourth-order valence-corrected chi connectivity index (χ4v) is 4.90. The van der Waals surface area contributed by atoms with Crippen molar-refractivity contribution in [3.05, 3.63) is 23.5 Å². The first-order chi connectivity index (χ1) is 16.9. The predicted octanol–water partition coefficient (Wildman–Crippen LogP) is 4.31. The molecule has 0 aliphatic heterocycles. The largest absolute Gasteiger partial charge is 0.496 e. The van der Waals surface area contributed by atoms with E-state index in [2.05, 4.69) is 10.6 Å². The van der Waals surface area contributed by atoms with E-state index < -0.39 is 23.1 Å². The first-order valence-corrected chi connectivity index (χ1v) is 12.8. The van der Waals surface area contributed by atoms with E-state index in [1.807, 2.05) is 20.8 Å². The summed E-state index contributed by atoms with van der Waals surface area (Å²) in [7, 11) is 1.36. The number of methoxy groups -OCH3 is 1. The number of nitrogens with one attached hydrogen (secondary N) is 2. The van der Waals surface area contributed by atoms with E-state index in [1.165, 1.54) is 13.2 Å². The van der Waals surface area contributed by atoms with E-state index in [9.17, 15) is 23.9 Å². The molecule has 3 atom stereocenters. The Morgan fingerprint density at radius 3 is 2.33 bits per heavy atom. The summed E-state index contributed by atoms with van der Waals surface area (Å²) < 4.78 is 25.9. The van der Waals surface area contributed by atoms with Crippen molar-refractivity contribution < 1.29 is 33.4 Å². The van der Waals surface area contributed by atoms with Crippen LogP contribution in [0.15, 0.2) is 12.1 Å². The predicted molar refractivity (Wildman–Crippen MR) is 133 cm³/mol. The third-order valence-corrected chi connectivity index (χ3v) is 7.88. The number of hydrogen-bond donors (Lipinski definition) is 3. The van der Waals surface area contributed by atoms with Crippen molar-refractivity contribution in [2.45, 2.75) is 90.8 Å². The number of carbonyl (C=O) groups excluding carboxylic acids is 2. The van der Waals surface area contributed by atoms with Gasteiger partial charge in [0.05, 0.1) is 30.1 Å². The summed E-state index contributed by atoms with van der Waals surface area (Å²) in [6.07, 6.45) is 3.65. The average Bonchev–Trinajstić information content (AvgIpc) is 3.29. The summed E-state index contributed by atoms with van der Waals surface area (Å²) in [5, 5.41) is 15.4. The highest BCUT2D eigenvalue weighted by Crippen LogP contribution is 2.38. The Hall–Kier alpha value is -2.84. The monoisotopic (exact) mass is 506 g/mol. The Morgan fingerprint density at radius 1 is 1.08 bits per heavy atom. The van der Waals surface area contributed by atoms with Gasteiger partial charge in [0, 0.05) is 18.2 Å². The zero-order chi connectivity index (χ0) is 26.6. The molecule has 2 amide bonds. The standard InChI is InChI=1S/C27H39FN2O6/c1-15(2)16(3)29-24(31)18-7-6-8-21(18)30-25(32)19-13-23(20(28)14-22(19)35-5)36-17-9-11-27(4,12-10-17)26(33)34/h13-18,21H,6-12H2,1-5H3,(H,29,31)(H,30,32)(H,33,34)/t16-,17-,18-,21+,27+/m0/s1. The van der Waals surface area contributed by atoms with Crippen molar-refractivity contribution in [2.24, 2.45) is 17.3 Å². The number of halogens is 1. The van der Waals surface area contributed by atoms with Crippen molar-refractivity contribution in [3.63, 3.8) is 0 Å². The number of amides is 2. The van der Waals surface area contributed by atoms with Gasteiger partial charge < -0.3 is 25.2 Å². The molecule has 2 fully saturated rings. The van der Waals surface area contributed by atoms with Crippen molar-refractivity contribution in [1.29, 1.82) is 0 Å². The summed E-state index contributed by atoms with van der Waals surface area (Å²) in [6.45, 7) is 7.75. The maximum atomic E-state index is 14.8. The van der Waals surface area contributed by atoms with E-state index in [4.69, 9.17) is 9.47 Å². The van der Waals surface area contributed by atoms with E-state index >= 15 is 0 Å². The number of carboxylic acids is 1. The Morgan fingerprint density at radius 2 is 1.75 bits per heavy atom. The lowest BCUT2D eigenvalue weighted by Crippen LogP contribution is -2.47. The highest BCUT2D eigenvalue weighted by atomic mass is 19.1. The molecule has 2 aliphatic rings. The van der Waals surface area contributed by atoms with Crippen LogP contribution in [0.1, 0.15) is 83.0 Å². The Balaban J connectivity index is 1.71. The Bertz CT molecular complexity index is 973. The molecular formula is C27H39FN2O6. The van der Waals surface area contributed by atoms with Crippen LogP contribution in [-0.2, 0) is 9.59 Å². The minimum absolute atomic E-state index is 0.0273. The van der Waals surface area contributed by atoms with Gasteiger partial charge in [-0.25, -0.2) is 4.39 Å². The quantitative estimate of drug-likeness (QED) is 0.460. The molecule has 0 radical (unpaired) electrons. The van der Waals surface area contributed by atoms with Gasteiger partial charge in [0.25, 0.3) is 5.91 Å². The van der Waals surface area contributed by atoms with E-state index in [1.54, 1.807) is 6.92 Å². The number of ether oxygens (including phenoxy) is 2. The molecule has 0 spiro atoms. The normalized spacial score (nSPS) is 26.8. The number of carbonyl (C=O) groups is 3. The molecule has 36 heavy (non-hydrogen) atoms. The molecule has 0 bridgehead atoms. The summed E-state index contributed by atoms with van der Waals surface area (Å²) >= 11 is 0. The highest BCUT2D eigenvalue weighted by Gasteiger charge is 2.39. The molecule has 0 aromatic heterocycles. The van der Waals surface area contributed by atoms with E-state index in [0.717, 1.165) is 12.5 Å². The van der Waals surface area contributed by atoms with Crippen LogP contribution in [0, 0.1) is 23.1 Å². The van der Waals surface area contributed by atoms with Crippen molar-refractivity contribution in [3.8, 4) is 11.5 Å². The van der Waals surface area contributed by atoms with Gasteiger partial charge >= 0.3 is 5.97 Å². The van der Waals surface area contributed by atoms with Gasteiger partial charge in [-0.05, 0) is 64.4 Å². The molecule has 2 aliphatic carbocycles. The van der Waals surface area contributed by atoms with Crippen molar-refractivity contribution >= 4 is 17.8 Å². The van der Waals surface area contributed by atoms with Crippen LogP contribution in [0.25, 0.3) is 0 Å². The van der Waals surface area contributed by atoms with Crippen LogP contribution in [0.5, 0.6) is 11.5 Å². The molecule has 1 aromatic rings. The number of benzene rings is 1. The Labute approximate surface area is 212 Å². The lowest BCUT2D eigenvalue weighted by atomic mass is 9.75. The fourth-order valence-electron chi connectivity index (χ4n) is 4.90. The maximum absolute atomic E-state index is 14.8. The van der Waals surface area contributed by atoms with Crippen LogP contribution < -0.4 is 20.1 Å². The van der Waals surface area contributed by atoms with Gasteiger partial charge in [0.2, 0.25) is 5.91 Å². The molecule has 1 aromatic carbocycles. The van der Waals surface area contributed by atoms with E-state index in [0.29, 0.717) is 44.4 Å². The second-order valence-electron chi connectivity index (χ2n) is 10.8. The second-order valence-corrected chi connectivity index (χ2v) is 10.8. The SMILES string of the molecule is COc1cc(F)c(O[C@H]2CC[C@@](C)(C(=O)O)CC2)cc1C(=O)N[C@@H]1CCC[C@@H]1C(=O)N[C@@H](C)C(C)C. The summed E-state index contributed by atoms with van der Waals surface area (Å²) in [6, 6.07) is 2.15. The molecule has 0 saturated heterocycles. The zero-order valence-corrected chi connectivity index (χ0v) is 21.9. The second kappa shape index (κ2) is 11.5. The van der Waals surface area contributed by atoms with Crippen LogP contribution in [0.2, 0.25) is 0 Å². The maximum Gasteiger partial charge on any atom is 0.309 e. The van der Waals surface area contributed by atoms with Crippen LogP contribution in [0.3, 0.4) is 0 Å². The third-order valence-electron chi connectivity index (χ3n) is 7.88. The van der Waals surface area contributed by atoms with E-state index in [-0.39, 0.29) is 47.1 Å². The fraction of sp³-hybridized carbons (Fsp3) is 0.667. The number of carboxylic acid groups (broad SMARTS) is 1. The van der Waals surface area contributed by atoms with Gasteiger partial charge in [-0.2, -0.15) is 0 Å². The highest BCUT2D eigenvalue weighted by molar-refractivity contribution is 5.98. The number of aliphatic carboxylic acids is 1. The van der Waals surface area contributed by atoms with Gasteiger partial charge in [-0.1, -0.05) is 20.3 Å². The van der Waals surface area contributed by atoms with Gasteiger partial charge in [-0.15, -0.1) is 0 Å². The van der Waals surface area contributed by atoms with Crippen molar-refractivity contribution in [1.82, 2.24) is 10.6 Å². The lowest BCUT2D eigenvalue weighted by Gasteiger charge is -2.34. The number of hydrogen-bond acceptors (Lipinski definition) is 5. The van der Waals surface area contributed by atoms with Gasteiger partial charge in [-0.3, -0.25) is 14.4 Å². The molecule has 0 unspecified atom stereocenters.